The van der Waals surface area contributed by atoms with Crippen LogP contribution < -0.4 is 15.4 Å². The molecule has 3 N–H and O–H groups in total. The van der Waals surface area contributed by atoms with Gasteiger partial charge in [0.2, 0.25) is 5.91 Å². The fraction of sp³-hybridized carbons (Fsp3) is 0.840. The van der Waals surface area contributed by atoms with E-state index in [1.807, 2.05) is 13.8 Å². The highest BCUT2D eigenvalue weighted by Crippen LogP contribution is 2.52. The van der Waals surface area contributed by atoms with Gasteiger partial charge in [-0.1, -0.05) is 11.6 Å². The maximum absolute atomic E-state index is 12.9. The van der Waals surface area contributed by atoms with E-state index in [4.69, 9.17) is 18.9 Å². The smallest absolute Gasteiger partial charge is 0.407 e. The molecule has 12 heteroatoms. The van der Waals surface area contributed by atoms with Gasteiger partial charge in [0.25, 0.3) is 0 Å². The monoisotopic (exact) mass is 563 g/mol. The third-order valence-corrected chi connectivity index (χ3v) is 8.46. The predicted octanol–water partition coefficient (Wildman–Crippen LogP) is 4.23. The minimum Gasteiger partial charge on any atom is -0.443 e. The van der Waals surface area contributed by atoms with Crippen LogP contribution in [0.15, 0.2) is 11.6 Å². The Hall–Kier alpha value is -1.05. The van der Waals surface area contributed by atoms with Crippen LogP contribution in [0.2, 0.25) is 0 Å². The van der Waals surface area contributed by atoms with Gasteiger partial charge in [-0.3, -0.25) is 4.79 Å². The molecular formula is C25H42FN3O6S2. The molecule has 9 nitrogen and oxygen atoms in total. The van der Waals surface area contributed by atoms with E-state index in [-0.39, 0.29) is 53.3 Å². The van der Waals surface area contributed by atoms with E-state index in [0.29, 0.717) is 19.6 Å². The minimum absolute atomic E-state index is 0.0143. The highest BCUT2D eigenvalue weighted by atomic mass is 33.1. The number of hydrogen-bond donors (Lipinski definition) is 3. The lowest BCUT2D eigenvalue weighted by atomic mass is 9.68. The summed E-state index contributed by atoms with van der Waals surface area (Å²) < 4.78 is 38.8. The first-order chi connectivity index (χ1) is 17.6. The van der Waals surface area contributed by atoms with E-state index in [1.165, 1.54) is 5.57 Å². The zero-order valence-electron chi connectivity index (χ0n) is 22.5. The first-order valence-corrected chi connectivity index (χ1v) is 15.0. The molecule has 1 saturated heterocycles. The van der Waals surface area contributed by atoms with Crippen LogP contribution in [0.1, 0.15) is 66.2 Å². The van der Waals surface area contributed by atoms with E-state index in [1.54, 1.807) is 7.11 Å². The molecule has 3 rings (SSSR count). The Morgan fingerprint density at radius 2 is 1.78 bits per heavy atom. The summed E-state index contributed by atoms with van der Waals surface area (Å²) in [5, 5.41) is 5.95. The number of methoxy groups -OCH3 is 1. The van der Waals surface area contributed by atoms with Crippen LogP contribution >= 0.6 is 22.2 Å². The van der Waals surface area contributed by atoms with Crippen molar-refractivity contribution in [3.63, 3.8) is 0 Å². The number of carbonyl (C=O) groups is 2. The van der Waals surface area contributed by atoms with Gasteiger partial charge in [-0.2, -0.15) is 3.89 Å². The summed E-state index contributed by atoms with van der Waals surface area (Å²) in [7, 11) is 2.44. The normalized spacial score (nSPS) is 31.5. The van der Waals surface area contributed by atoms with Crippen molar-refractivity contribution in [1.82, 2.24) is 15.4 Å². The molecule has 1 spiro atoms. The molecule has 0 aromatic heterocycles. The molecule has 3 unspecified atom stereocenters. The molecule has 0 aromatic rings. The average Bonchev–Trinajstić information content (AvgIpc) is 3.60. The van der Waals surface area contributed by atoms with Crippen LogP contribution in [-0.4, -0.2) is 74.4 Å². The topological polar surface area (TPSA) is 110 Å². The Labute approximate surface area is 227 Å². The Morgan fingerprint density at radius 1 is 1.14 bits per heavy atom. The van der Waals surface area contributed by atoms with Gasteiger partial charge >= 0.3 is 6.09 Å². The number of nitrogens with one attached hydrogen (secondary N) is 3. The molecule has 3 aliphatic rings. The Balaban J connectivity index is 1.50. The van der Waals surface area contributed by atoms with Crippen LogP contribution in [-0.2, 0) is 23.7 Å². The van der Waals surface area contributed by atoms with Crippen LogP contribution in [0.5, 0.6) is 0 Å². The van der Waals surface area contributed by atoms with Crippen LogP contribution in [0.4, 0.5) is 8.68 Å². The fourth-order valence-corrected chi connectivity index (χ4v) is 6.25. The molecule has 37 heavy (non-hydrogen) atoms. The number of epoxide rings is 1. The second-order valence-corrected chi connectivity index (χ2v) is 12.4. The highest BCUT2D eigenvalue weighted by Gasteiger charge is 2.64. The first-order valence-electron chi connectivity index (χ1n) is 13.0. The lowest BCUT2D eigenvalue weighted by Gasteiger charge is -2.47. The number of rotatable bonds is 12. The first kappa shape index (κ1) is 30.5. The number of halogens is 1. The molecule has 2 saturated carbocycles. The van der Waals surface area contributed by atoms with Crippen molar-refractivity contribution >= 4 is 34.2 Å². The molecule has 4 atom stereocenters. The summed E-state index contributed by atoms with van der Waals surface area (Å²) in [5.74, 6) is -0.252. The summed E-state index contributed by atoms with van der Waals surface area (Å²) >= 11 is 0.0685. The number of hydrogen-bond acceptors (Lipinski definition) is 9. The molecule has 1 heterocycles. The van der Waals surface area contributed by atoms with E-state index in [2.05, 4.69) is 35.3 Å². The van der Waals surface area contributed by atoms with Crippen LogP contribution in [0.3, 0.4) is 0 Å². The van der Waals surface area contributed by atoms with Gasteiger partial charge in [0.1, 0.15) is 23.4 Å². The van der Waals surface area contributed by atoms with E-state index in [9.17, 15) is 13.5 Å². The highest BCUT2D eigenvalue weighted by molar-refractivity contribution is 8.74. The van der Waals surface area contributed by atoms with Gasteiger partial charge in [-0.15, -0.1) is 0 Å². The van der Waals surface area contributed by atoms with Crippen LogP contribution in [0.25, 0.3) is 0 Å². The molecule has 2 amide bonds. The minimum atomic E-state index is -0.538. The number of carbonyl (C=O) groups excluding carboxylic acids is 2. The molecule has 0 aromatic carbocycles. The van der Waals surface area contributed by atoms with E-state index >= 15 is 0 Å². The lowest BCUT2D eigenvalue weighted by Crippen LogP contribution is -2.59. The van der Waals surface area contributed by atoms with Crippen molar-refractivity contribution in [2.75, 3.05) is 26.9 Å². The van der Waals surface area contributed by atoms with Gasteiger partial charge in [0, 0.05) is 36.1 Å². The quantitative estimate of drug-likeness (QED) is 0.106. The van der Waals surface area contributed by atoms with Crippen molar-refractivity contribution in [3.05, 3.63) is 11.6 Å². The molecule has 1 aliphatic heterocycles. The fourth-order valence-electron chi connectivity index (χ4n) is 5.71. The van der Waals surface area contributed by atoms with E-state index < -0.39 is 17.8 Å². The second kappa shape index (κ2) is 13.8. The molecule has 3 fully saturated rings. The summed E-state index contributed by atoms with van der Waals surface area (Å²) in [4.78, 5) is 24.8. The maximum Gasteiger partial charge on any atom is 0.407 e. The number of alkyl carbamates (subject to hydrolysis) is 1. The van der Waals surface area contributed by atoms with Gasteiger partial charge in [-0.25, -0.2) is 9.52 Å². The number of allylic oxidation sites excluding steroid dienone is 1. The van der Waals surface area contributed by atoms with Crippen molar-refractivity contribution in [1.29, 1.82) is 0 Å². The number of ether oxygens (including phenoxy) is 4. The third-order valence-electron chi connectivity index (χ3n) is 7.59. The molecule has 2 aliphatic carbocycles. The molecule has 0 radical (unpaired) electrons. The zero-order chi connectivity index (χ0) is 27.1. The Morgan fingerprint density at radius 3 is 2.35 bits per heavy atom. The predicted molar refractivity (Wildman–Crippen MR) is 144 cm³/mol. The van der Waals surface area contributed by atoms with Gasteiger partial charge in [0.05, 0.1) is 31.0 Å². The van der Waals surface area contributed by atoms with Gasteiger partial charge in [0.15, 0.2) is 0 Å². The van der Waals surface area contributed by atoms with Crippen molar-refractivity contribution in [3.8, 4) is 0 Å². The second-order valence-electron chi connectivity index (χ2n) is 10.9. The summed E-state index contributed by atoms with van der Waals surface area (Å²) in [6.07, 6.45) is 5.30. The number of amides is 2. The Bertz CT molecular complexity index is 801. The summed E-state index contributed by atoms with van der Waals surface area (Å²) in [6.45, 7) is 9.41. The average molecular weight is 564 g/mol. The maximum atomic E-state index is 12.9. The molecule has 212 valence electrons. The van der Waals surface area contributed by atoms with Gasteiger partial charge < -0.3 is 29.6 Å². The third kappa shape index (κ3) is 8.72. The SMILES string of the molecule is COC1C(OC(=O)NC2CCC(NC(=O)CNSSF)CC2)CC[C@]2(CO2)C1C(C)(C)OCC=C(C)C. The van der Waals surface area contributed by atoms with Gasteiger partial charge in [-0.05, 0) is 66.2 Å². The van der Waals surface area contributed by atoms with Crippen LogP contribution in [0, 0.1) is 5.92 Å². The van der Waals surface area contributed by atoms with Crippen molar-refractivity contribution < 1.29 is 32.4 Å². The molecular weight excluding hydrogens is 521 g/mol. The lowest BCUT2D eigenvalue weighted by molar-refractivity contribution is -0.172. The summed E-state index contributed by atoms with van der Waals surface area (Å²) in [6, 6.07) is 0.0336. The molecule has 0 bridgehead atoms. The summed E-state index contributed by atoms with van der Waals surface area (Å²) in [5.41, 5.74) is 0.356. The van der Waals surface area contributed by atoms with Crippen molar-refractivity contribution in [2.24, 2.45) is 5.92 Å². The van der Waals surface area contributed by atoms with E-state index in [0.717, 1.165) is 43.1 Å². The largest absolute Gasteiger partial charge is 0.443 e. The van der Waals surface area contributed by atoms with Crippen molar-refractivity contribution in [2.45, 2.75) is 102 Å². The zero-order valence-corrected chi connectivity index (χ0v) is 24.1. The Kier molecular flexibility index (Phi) is 11.4. The standard InChI is InChI=1S/C25H42FN3O6S2/c1-16(2)11-13-33-24(3,4)22-21(32-5)19(10-12-25(22)15-34-25)35-23(31)29-18-8-6-17(7-9-18)28-20(30)14-27-37-36-26/h11,17-19,21-22,27H,6-10,12-15H2,1-5H3,(H,28,30)(H,29,31)/t17?,18?,19?,21?,22?,25-/m0/s1.